The highest BCUT2D eigenvalue weighted by molar-refractivity contribution is 7.84. The van der Waals surface area contributed by atoms with E-state index in [0.29, 0.717) is 21.5 Å². The number of aromatic nitrogens is 1. The number of aryl methyl sites for hydroxylation is 1. The van der Waals surface area contributed by atoms with Crippen molar-refractivity contribution < 1.29 is 18.8 Å². The molecule has 1 unspecified atom stereocenters. The van der Waals surface area contributed by atoms with Crippen LogP contribution in [-0.2, 0) is 22.6 Å². The van der Waals surface area contributed by atoms with Crippen molar-refractivity contribution in [3.63, 3.8) is 0 Å². The summed E-state index contributed by atoms with van der Waals surface area (Å²) in [6.07, 6.45) is 1.52. The number of anilines is 1. The Morgan fingerprint density at radius 3 is 2.52 bits per heavy atom. The molecule has 0 saturated carbocycles. The number of hydrogen-bond acceptors (Lipinski definition) is 5. The van der Waals surface area contributed by atoms with Crippen molar-refractivity contribution in [1.82, 2.24) is 4.57 Å². The highest BCUT2D eigenvalue weighted by Crippen LogP contribution is 2.29. The molecule has 1 heterocycles. The summed E-state index contributed by atoms with van der Waals surface area (Å²) in [5.41, 5.74) is 0.0867. The van der Waals surface area contributed by atoms with Crippen molar-refractivity contribution in [2.24, 2.45) is 7.05 Å². The average molecular weight is 414 g/mol. The molecule has 0 fully saturated rings. The maximum atomic E-state index is 13.3. The van der Waals surface area contributed by atoms with Crippen molar-refractivity contribution in [2.75, 3.05) is 31.4 Å². The molecule has 3 aromatic rings. The van der Waals surface area contributed by atoms with Gasteiger partial charge in [0.1, 0.15) is 11.3 Å². The Balaban J connectivity index is 2.22. The van der Waals surface area contributed by atoms with Gasteiger partial charge in [0, 0.05) is 53.7 Å². The zero-order valence-electron chi connectivity index (χ0n) is 16.4. The number of nitrogens with zero attached hydrogens (tertiary/aromatic N) is 2. The van der Waals surface area contributed by atoms with Gasteiger partial charge in [-0.1, -0.05) is 18.2 Å². The number of methoxy groups -OCH3 is 1. The van der Waals surface area contributed by atoms with Gasteiger partial charge < -0.3 is 19.3 Å². The van der Waals surface area contributed by atoms with E-state index in [0.717, 1.165) is 0 Å². The molecule has 7 nitrogen and oxygen atoms in total. The maximum absolute atomic E-state index is 13.3. The number of amides is 1. The number of ether oxygens (including phenoxy) is 1. The van der Waals surface area contributed by atoms with Crippen LogP contribution in [0.4, 0.5) is 5.69 Å². The van der Waals surface area contributed by atoms with Gasteiger partial charge in [0.2, 0.25) is 0 Å². The summed E-state index contributed by atoms with van der Waals surface area (Å²) in [7, 11) is 1.78. The van der Waals surface area contributed by atoms with Gasteiger partial charge >= 0.3 is 0 Å². The maximum Gasteiger partial charge on any atom is 0.267 e. The van der Waals surface area contributed by atoms with Crippen LogP contribution in [0.1, 0.15) is 10.4 Å². The van der Waals surface area contributed by atoms with E-state index in [1.165, 1.54) is 29.9 Å². The van der Waals surface area contributed by atoms with Crippen LogP contribution >= 0.6 is 0 Å². The van der Waals surface area contributed by atoms with Gasteiger partial charge in [0.05, 0.1) is 12.1 Å². The molecule has 1 aromatic heterocycles. The van der Waals surface area contributed by atoms with Gasteiger partial charge in [0.25, 0.3) is 11.5 Å². The smallest absolute Gasteiger partial charge is 0.267 e. The first kappa shape index (κ1) is 20.8. The third kappa shape index (κ3) is 3.94. The summed E-state index contributed by atoms with van der Waals surface area (Å²) in [5.74, 6) is -1.05. The fourth-order valence-corrected chi connectivity index (χ4v) is 3.70. The Bertz CT molecular complexity index is 1140. The second-order valence-electron chi connectivity index (χ2n) is 6.51. The van der Waals surface area contributed by atoms with Crippen molar-refractivity contribution in [3.8, 4) is 5.75 Å². The normalized spacial score (nSPS) is 12.1. The van der Waals surface area contributed by atoms with E-state index in [4.69, 9.17) is 4.74 Å². The van der Waals surface area contributed by atoms with Crippen LogP contribution in [0.3, 0.4) is 0 Å². The predicted molar refractivity (Wildman–Crippen MR) is 113 cm³/mol. The minimum absolute atomic E-state index is 0.207. The standard InChI is InChI=1S/C21H22N2O5S/c1-22-17-10-9-15(29(3)27)13-16(17)19(24)18(20(22)25)21(26)23(11-12-28-2)14-7-5-4-6-8-14/h4-10,13,24H,11-12H2,1-3H3. The van der Waals surface area contributed by atoms with Crippen LogP contribution in [0, 0.1) is 0 Å². The van der Waals surface area contributed by atoms with Gasteiger partial charge in [-0.2, -0.15) is 0 Å². The first-order chi connectivity index (χ1) is 13.9. The van der Waals surface area contributed by atoms with Gasteiger partial charge in [-0.3, -0.25) is 13.8 Å². The molecule has 0 radical (unpaired) electrons. The largest absolute Gasteiger partial charge is 0.506 e. The van der Waals surface area contributed by atoms with Crippen LogP contribution in [0.15, 0.2) is 58.2 Å². The molecule has 1 amide bonds. The number of carbonyl (C=O) groups is 1. The monoisotopic (exact) mass is 414 g/mol. The molecule has 0 saturated heterocycles. The zero-order valence-corrected chi connectivity index (χ0v) is 17.2. The second kappa shape index (κ2) is 8.59. The molecule has 0 bridgehead atoms. The van der Waals surface area contributed by atoms with Gasteiger partial charge in [-0.15, -0.1) is 0 Å². The third-order valence-electron chi connectivity index (χ3n) is 4.72. The molecule has 0 aliphatic rings. The second-order valence-corrected chi connectivity index (χ2v) is 7.89. The minimum atomic E-state index is -1.28. The van der Waals surface area contributed by atoms with E-state index in [-0.39, 0.29) is 18.7 Å². The molecule has 3 rings (SSSR count). The van der Waals surface area contributed by atoms with Crippen LogP contribution in [0.5, 0.6) is 5.75 Å². The molecule has 8 heteroatoms. The highest BCUT2D eigenvalue weighted by atomic mass is 32.2. The van der Waals surface area contributed by atoms with Crippen molar-refractivity contribution >= 4 is 33.3 Å². The molecule has 29 heavy (non-hydrogen) atoms. The average Bonchev–Trinajstić information content (AvgIpc) is 2.73. The summed E-state index contributed by atoms with van der Waals surface area (Å²) >= 11 is 0. The Morgan fingerprint density at radius 1 is 1.21 bits per heavy atom. The molecule has 0 aliphatic heterocycles. The highest BCUT2D eigenvalue weighted by Gasteiger charge is 2.27. The molecule has 152 valence electrons. The number of para-hydroxylation sites is 1. The summed E-state index contributed by atoms with van der Waals surface area (Å²) < 4.78 is 18.3. The molecular formula is C21H22N2O5S. The number of rotatable bonds is 6. The number of pyridine rings is 1. The number of carbonyl (C=O) groups excluding carboxylic acids is 1. The lowest BCUT2D eigenvalue weighted by Gasteiger charge is -2.23. The first-order valence-corrected chi connectivity index (χ1v) is 10.5. The lowest BCUT2D eigenvalue weighted by Crippen LogP contribution is -2.38. The van der Waals surface area contributed by atoms with E-state index in [1.807, 2.05) is 6.07 Å². The van der Waals surface area contributed by atoms with Crippen molar-refractivity contribution in [3.05, 3.63) is 64.4 Å². The number of hydrogen-bond donors (Lipinski definition) is 1. The zero-order chi connectivity index (χ0) is 21.1. The van der Waals surface area contributed by atoms with E-state index in [1.54, 1.807) is 42.5 Å². The van der Waals surface area contributed by atoms with E-state index in [2.05, 4.69) is 0 Å². The number of aromatic hydroxyl groups is 1. The van der Waals surface area contributed by atoms with Crippen molar-refractivity contribution in [2.45, 2.75) is 4.90 Å². The quantitative estimate of drug-likeness (QED) is 0.669. The number of benzene rings is 2. The van der Waals surface area contributed by atoms with Gasteiger partial charge in [0.15, 0.2) is 0 Å². The lowest BCUT2D eigenvalue weighted by molar-refractivity contribution is 0.0971. The van der Waals surface area contributed by atoms with Crippen molar-refractivity contribution in [1.29, 1.82) is 0 Å². The predicted octanol–water partition coefficient (Wildman–Crippen LogP) is 2.27. The van der Waals surface area contributed by atoms with E-state index in [9.17, 15) is 18.9 Å². The topological polar surface area (TPSA) is 88.8 Å². The Hall–Kier alpha value is -2.97. The molecule has 2 aromatic carbocycles. The van der Waals surface area contributed by atoms with Crippen LogP contribution in [-0.4, -0.2) is 46.3 Å². The third-order valence-corrected chi connectivity index (χ3v) is 5.64. The lowest BCUT2D eigenvalue weighted by atomic mass is 10.1. The van der Waals surface area contributed by atoms with Crippen LogP contribution < -0.4 is 10.5 Å². The van der Waals surface area contributed by atoms with Gasteiger partial charge in [-0.05, 0) is 30.3 Å². The Kier molecular flexibility index (Phi) is 6.14. The van der Waals surface area contributed by atoms with Gasteiger partial charge in [-0.25, -0.2) is 0 Å². The molecule has 0 spiro atoms. The van der Waals surface area contributed by atoms with Crippen LogP contribution in [0.2, 0.25) is 0 Å². The Labute approximate surface area is 170 Å². The summed E-state index contributed by atoms with van der Waals surface area (Å²) in [5, 5.41) is 11.2. The summed E-state index contributed by atoms with van der Waals surface area (Å²) in [4.78, 5) is 28.2. The SMILES string of the molecule is COCCN(C(=O)c1c(O)c2cc(S(C)=O)ccc2n(C)c1=O)c1ccccc1. The summed E-state index contributed by atoms with van der Waals surface area (Å²) in [6, 6.07) is 13.7. The fourth-order valence-electron chi connectivity index (χ4n) is 3.16. The fraction of sp³-hybridized carbons (Fsp3) is 0.238. The van der Waals surface area contributed by atoms with E-state index >= 15 is 0 Å². The molecule has 1 atom stereocenters. The summed E-state index contributed by atoms with van der Waals surface area (Å²) in [6.45, 7) is 0.466. The Morgan fingerprint density at radius 2 is 1.90 bits per heavy atom. The molecule has 1 N–H and O–H groups in total. The first-order valence-electron chi connectivity index (χ1n) is 8.91. The van der Waals surface area contributed by atoms with E-state index < -0.39 is 28.0 Å². The van der Waals surface area contributed by atoms with Crippen LogP contribution in [0.25, 0.3) is 10.9 Å². The number of fused-ring (bicyclic) bond motifs is 1. The minimum Gasteiger partial charge on any atom is -0.506 e. The molecular weight excluding hydrogens is 392 g/mol. The molecule has 0 aliphatic carbocycles.